The van der Waals surface area contributed by atoms with Crippen LogP contribution in [0.4, 0.5) is 0 Å². The van der Waals surface area contributed by atoms with Crippen molar-refractivity contribution in [2.75, 3.05) is 6.61 Å². The number of benzene rings is 1. The smallest absolute Gasteiger partial charge is 0.338 e. The van der Waals surface area contributed by atoms with E-state index in [0.717, 1.165) is 24.1 Å². The molecule has 0 atom stereocenters. The first-order valence-electron chi connectivity index (χ1n) is 7.02. The lowest BCUT2D eigenvalue weighted by atomic mass is 10.1. The Kier molecular flexibility index (Phi) is 3.88. The quantitative estimate of drug-likeness (QED) is 0.640. The zero-order valence-corrected chi connectivity index (χ0v) is 12.7. The molecule has 4 heteroatoms. The number of esters is 1. The van der Waals surface area contributed by atoms with Gasteiger partial charge >= 0.3 is 5.97 Å². The SMILES string of the molecule is Cc1ccc(C(=O)COC(=O)c2ccc3c(c2)CCC3)s1. The topological polar surface area (TPSA) is 43.4 Å². The van der Waals surface area contributed by atoms with Gasteiger partial charge in [-0.05, 0) is 61.6 Å². The van der Waals surface area contributed by atoms with E-state index in [1.165, 1.54) is 22.5 Å². The summed E-state index contributed by atoms with van der Waals surface area (Å²) in [5, 5.41) is 0. The van der Waals surface area contributed by atoms with E-state index in [2.05, 4.69) is 0 Å². The van der Waals surface area contributed by atoms with Gasteiger partial charge in [-0.1, -0.05) is 6.07 Å². The molecule has 3 rings (SSSR count). The molecule has 0 unspecified atom stereocenters. The lowest BCUT2D eigenvalue weighted by molar-refractivity contribution is 0.0475. The van der Waals surface area contributed by atoms with Crippen molar-refractivity contribution in [2.45, 2.75) is 26.2 Å². The molecular formula is C17H16O3S. The van der Waals surface area contributed by atoms with Crippen molar-refractivity contribution in [3.63, 3.8) is 0 Å². The molecule has 0 N–H and O–H groups in total. The molecule has 0 saturated heterocycles. The number of ketones is 1. The molecule has 2 aromatic rings. The lowest BCUT2D eigenvalue weighted by Crippen LogP contribution is -2.13. The summed E-state index contributed by atoms with van der Waals surface area (Å²) in [7, 11) is 0. The van der Waals surface area contributed by atoms with E-state index in [1.807, 2.05) is 25.1 Å². The fourth-order valence-electron chi connectivity index (χ4n) is 2.57. The molecule has 1 aliphatic carbocycles. The number of aryl methyl sites for hydroxylation is 3. The Hall–Kier alpha value is -1.94. The largest absolute Gasteiger partial charge is 0.454 e. The Morgan fingerprint density at radius 1 is 1.14 bits per heavy atom. The van der Waals surface area contributed by atoms with E-state index in [0.29, 0.717) is 10.4 Å². The average molecular weight is 300 g/mol. The van der Waals surface area contributed by atoms with Crippen LogP contribution in [0.5, 0.6) is 0 Å². The third-order valence-corrected chi connectivity index (χ3v) is 4.73. The Labute approximate surface area is 127 Å². The normalized spacial score (nSPS) is 13.0. The summed E-state index contributed by atoms with van der Waals surface area (Å²) >= 11 is 1.42. The predicted octanol–water partition coefficient (Wildman–Crippen LogP) is 3.58. The van der Waals surface area contributed by atoms with Crippen LogP contribution in [0.2, 0.25) is 0 Å². The van der Waals surface area contributed by atoms with Gasteiger partial charge in [0.2, 0.25) is 5.78 Å². The second kappa shape index (κ2) is 5.82. The molecule has 0 aliphatic heterocycles. The van der Waals surface area contributed by atoms with Gasteiger partial charge in [0.15, 0.2) is 6.61 Å². The number of thiophene rings is 1. The number of Topliss-reactive ketones (excluding diaryl/α,β-unsaturated/α-hetero) is 1. The van der Waals surface area contributed by atoms with Crippen LogP contribution in [0.25, 0.3) is 0 Å². The van der Waals surface area contributed by atoms with Crippen LogP contribution in [0.1, 0.15) is 42.5 Å². The van der Waals surface area contributed by atoms with Crippen molar-refractivity contribution in [3.8, 4) is 0 Å². The van der Waals surface area contributed by atoms with Gasteiger partial charge in [-0.25, -0.2) is 4.79 Å². The molecule has 0 amide bonds. The van der Waals surface area contributed by atoms with Gasteiger partial charge in [-0.3, -0.25) is 4.79 Å². The van der Waals surface area contributed by atoms with E-state index in [-0.39, 0.29) is 12.4 Å². The summed E-state index contributed by atoms with van der Waals surface area (Å²) in [5.41, 5.74) is 3.08. The molecule has 1 aromatic carbocycles. The third kappa shape index (κ3) is 3.05. The molecule has 1 heterocycles. The standard InChI is InChI=1S/C17H16O3S/c1-11-5-8-16(21-11)15(18)10-20-17(19)14-7-6-12-3-2-4-13(12)9-14/h5-9H,2-4,10H2,1H3. The Bertz CT molecular complexity index is 700. The number of carbonyl (C=O) groups excluding carboxylic acids is 2. The van der Waals surface area contributed by atoms with Gasteiger partial charge < -0.3 is 4.74 Å². The molecule has 0 radical (unpaired) electrons. The van der Waals surface area contributed by atoms with Crippen LogP contribution in [0.3, 0.4) is 0 Å². The van der Waals surface area contributed by atoms with Crippen LogP contribution in [-0.4, -0.2) is 18.4 Å². The van der Waals surface area contributed by atoms with Gasteiger partial charge in [0, 0.05) is 4.88 Å². The molecule has 21 heavy (non-hydrogen) atoms. The molecular weight excluding hydrogens is 284 g/mol. The molecule has 0 saturated carbocycles. The summed E-state index contributed by atoms with van der Waals surface area (Å²) in [6, 6.07) is 9.33. The summed E-state index contributed by atoms with van der Waals surface area (Å²) < 4.78 is 5.13. The van der Waals surface area contributed by atoms with E-state index in [1.54, 1.807) is 12.1 Å². The minimum absolute atomic E-state index is 0.150. The first-order chi connectivity index (χ1) is 10.1. The fraction of sp³-hybridized carbons (Fsp3) is 0.294. The molecule has 1 aromatic heterocycles. The maximum atomic E-state index is 12.0. The van der Waals surface area contributed by atoms with Crippen LogP contribution in [0.15, 0.2) is 30.3 Å². The Morgan fingerprint density at radius 2 is 1.95 bits per heavy atom. The minimum Gasteiger partial charge on any atom is -0.454 e. The number of carbonyl (C=O) groups is 2. The van der Waals surface area contributed by atoms with E-state index in [9.17, 15) is 9.59 Å². The fourth-order valence-corrected chi connectivity index (χ4v) is 3.36. The summed E-state index contributed by atoms with van der Waals surface area (Å²) in [6.45, 7) is 1.74. The molecule has 0 bridgehead atoms. The number of rotatable bonds is 4. The average Bonchev–Trinajstić information content (AvgIpc) is 3.12. The van der Waals surface area contributed by atoms with Crippen molar-refractivity contribution < 1.29 is 14.3 Å². The molecule has 0 fully saturated rings. The number of hydrogen-bond acceptors (Lipinski definition) is 4. The third-order valence-electron chi connectivity index (χ3n) is 3.68. The summed E-state index contributed by atoms with van der Waals surface area (Å²) in [4.78, 5) is 25.6. The second-order valence-electron chi connectivity index (χ2n) is 5.25. The number of hydrogen-bond donors (Lipinski definition) is 0. The highest BCUT2D eigenvalue weighted by Crippen LogP contribution is 2.23. The van der Waals surface area contributed by atoms with E-state index in [4.69, 9.17) is 4.74 Å². The zero-order chi connectivity index (χ0) is 14.8. The lowest BCUT2D eigenvalue weighted by Gasteiger charge is -2.05. The monoisotopic (exact) mass is 300 g/mol. The highest BCUT2D eigenvalue weighted by atomic mass is 32.1. The van der Waals surface area contributed by atoms with Crippen LogP contribution < -0.4 is 0 Å². The van der Waals surface area contributed by atoms with Crippen molar-refractivity contribution in [2.24, 2.45) is 0 Å². The van der Waals surface area contributed by atoms with Gasteiger partial charge in [0.25, 0.3) is 0 Å². The van der Waals surface area contributed by atoms with E-state index < -0.39 is 5.97 Å². The van der Waals surface area contributed by atoms with Gasteiger partial charge in [-0.2, -0.15) is 0 Å². The van der Waals surface area contributed by atoms with Gasteiger partial charge in [-0.15, -0.1) is 11.3 Å². The molecule has 1 aliphatic rings. The molecule has 3 nitrogen and oxygen atoms in total. The van der Waals surface area contributed by atoms with Crippen molar-refractivity contribution in [3.05, 3.63) is 56.8 Å². The summed E-state index contributed by atoms with van der Waals surface area (Å²) in [5.74, 6) is -0.575. The molecule has 0 spiro atoms. The number of fused-ring (bicyclic) bond motifs is 1. The maximum absolute atomic E-state index is 12.0. The van der Waals surface area contributed by atoms with Crippen LogP contribution >= 0.6 is 11.3 Å². The highest BCUT2D eigenvalue weighted by Gasteiger charge is 2.16. The first kappa shape index (κ1) is 14.0. The first-order valence-corrected chi connectivity index (χ1v) is 7.84. The Balaban J connectivity index is 1.63. The Morgan fingerprint density at radius 3 is 2.71 bits per heavy atom. The second-order valence-corrected chi connectivity index (χ2v) is 6.53. The highest BCUT2D eigenvalue weighted by molar-refractivity contribution is 7.14. The van der Waals surface area contributed by atoms with Crippen molar-refractivity contribution in [1.82, 2.24) is 0 Å². The van der Waals surface area contributed by atoms with Crippen LogP contribution in [-0.2, 0) is 17.6 Å². The molecule has 108 valence electrons. The zero-order valence-electron chi connectivity index (χ0n) is 11.8. The van der Waals surface area contributed by atoms with Crippen molar-refractivity contribution >= 4 is 23.1 Å². The van der Waals surface area contributed by atoms with Gasteiger partial charge in [0.05, 0.1) is 10.4 Å². The summed E-state index contributed by atoms with van der Waals surface area (Å²) in [6.07, 6.45) is 3.24. The maximum Gasteiger partial charge on any atom is 0.338 e. The predicted molar refractivity (Wildman–Crippen MR) is 82.1 cm³/mol. The van der Waals surface area contributed by atoms with E-state index >= 15 is 0 Å². The number of ether oxygens (including phenoxy) is 1. The van der Waals surface area contributed by atoms with Crippen LogP contribution in [0, 0.1) is 6.92 Å². The van der Waals surface area contributed by atoms with Crippen molar-refractivity contribution in [1.29, 1.82) is 0 Å². The van der Waals surface area contributed by atoms with Gasteiger partial charge in [0.1, 0.15) is 0 Å². The minimum atomic E-state index is -0.425.